The largest absolute Gasteiger partial charge is 0.481 e. The second-order valence-electron chi connectivity index (χ2n) is 5.65. The van der Waals surface area contributed by atoms with Crippen LogP contribution in [0, 0.1) is 5.41 Å². The Morgan fingerprint density at radius 2 is 2.10 bits per heavy atom. The lowest BCUT2D eigenvalue weighted by atomic mass is 9.83. The number of carbonyl (C=O) groups is 1. The highest BCUT2D eigenvalue weighted by molar-refractivity contribution is 7.89. The van der Waals surface area contributed by atoms with Gasteiger partial charge in [0.1, 0.15) is 0 Å². The fourth-order valence-electron chi connectivity index (χ4n) is 2.55. The molecule has 0 saturated carbocycles. The summed E-state index contributed by atoms with van der Waals surface area (Å²) in [6, 6.07) is 0. The predicted octanol–water partition coefficient (Wildman–Crippen LogP) is 1.32. The van der Waals surface area contributed by atoms with Gasteiger partial charge < -0.3 is 9.84 Å². The van der Waals surface area contributed by atoms with Crippen LogP contribution in [0.4, 0.5) is 0 Å². The van der Waals surface area contributed by atoms with E-state index in [0.717, 1.165) is 6.42 Å². The van der Waals surface area contributed by atoms with E-state index in [2.05, 4.69) is 0 Å². The lowest BCUT2D eigenvalue weighted by Gasteiger charge is -2.24. The van der Waals surface area contributed by atoms with Crippen LogP contribution in [-0.4, -0.2) is 55.4 Å². The molecule has 7 heteroatoms. The number of carboxylic acid groups (broad SMARTS) is 1. The number of hydrogen-bond donors (Lipinski definition) is 1. The van der Waals surface area contributed by atoms with Gasteiger partial charge in [0, 0.05) is 13.1 Å². The smallest absolute Gasteiger partial charge is 0.311 e. The van der Waals surface area contributed by atoms with Crippen molar-refractivity contribution in [1.82, 2.24) is 4.31 Å². The van der Waals surface area contributed by atoms with Crippen LogP contribution in [0.3, 0.4) is 0 Å². The predicted molar refractivity (Wildman–Crippen MR) is 76.0 cm³/mol. The Bertz CT molecular complexity index is 434. The topological polar surface area (TPSA) is 83.9 Å². The zero-order valence-corrected chi connectivity index (χ0v) is 13.3. The first-order valence-electron chi connectivity index (χ1n) is 7.06. The average molecular weight is 307 g/mol. The van der Waals surface area contributed by atoms with Gasteiger partial charge >= 0.3 is 5.97 Å². The Balaban J connectivity index is 2.67. The van der Waals surface area contributed by atoms with Crippen molar-refractivity contribution in [1.29, 1.82) is 0 Å². The molecule has 0 aliphatic carbocycles. The van der Waals surface area contributed by atoms with Crippen molar-refractivity contribution in [2.24, 2.45) is 5.41 Å². The molecule has 0 aromatic carbocycles. The van der Waals surface area contributed by atoms with Gasteiger partial charge in [-0.15, -0.1) is 0 Å². The summed E-state index contributed by atoms with van der Waals surface area (Å²) < 4.78 is 30.9. The second kappa shape index (κ2) is 6.87. The Morgan fingerprint density at radius 1 is 1.45 bits per heavy atom. The minimum Gasteiger partial charge on any atom is -0.481 e. The molecule has 0 aromatic rings. The van der Waals surface area contributed by atoms with Crippen molar-refractivity contribution >= 4 is 16.0 Å². The van der Waals surface area contributed by atoms with Gasteiger partial charge in [-0.1, -0.05) is 13.3 Å². The summed E-state index contributed by atoms with van der Waals surface area (Å²) >= 11 is 0. The summed E-state index contributed by atoms with van der Waals surface area (Å²) in [5.74, 6) is -0.983. The summed E-state index contributed by atoms with van der Waals surface area (Å²) in [5, 5.41) is 9.38. The molecule has 1 unspecified atom stereocenters. The van der Waals surface area contributed by atoms with Crippen LogP contribution >= 0.6 is 0 Å². The van der Waals surface area contributed by atoms with E-state index in [0.29, 0.717) is 12.8 Å². The molecule has 1 heterocycles. The lowest BCUT2D eigenvalue weighted by molar-refractivity contribution is -0.148. The van der Waals surface area contributed by atoms with Gasteiger partial charge in [-0.3, -0.25) is 4.79 Å². The Hall–Kier alpha value is -0.660. The highest BCUT2D eigenvalue weighted by atomic mass is 32.2. The maximum absolute atomic E-state index is 12.2. The summed E-state index contributed by atoms with van der Waals surface area (Å²) in [6.45, 7) is 6.12. The molecule has 1 atom stereocenters. The molecule has 0 spiro atoms. The minimum absolute atomic E-state index is 0.0121. The molecule has 1 N–H and O–H groups in total. The molecular weight excluding hydrogens is 282 g/mol. The van der Waals surface area contributed by atoms with Gasteiger partial charge in [0.15, 0.2) is 0 Å². The molecule has 20 heavy (non-hydrogen) atoms. The SMILES string of the molecule is CCCC1(C(=O)O)CCN(S(=O)(=O)CCOC(C)C)C1. The number of ether oxygens (including phenoxy) is 1. The van der Waals surface area contributed by atoms with Crippen LogP contribution in [0.2, 0.25) is 0 Å². The van der Waals surface area contributed by atoms with Gasteiger partial charge in [-0.25, -0.2) is 12.7 Å². The molecule has 118 valence electrons. The van der Waals surface area contributed by atoms with Crippen LogP contribution in [0.5, 0.6) is 0 Å². The molecule has 1 aliphatic rings. The van der Waals surface area contributed by atoms with Crippen molar-refractivity contribution < 1.29 is 23.1 Å². The molecule has 0 amide bonds. The standard InChI is InChI=1S/C13H25NO5S/c1-4-5-13(12(15)16)6-7-14(10-13)20(17,18)9-8-19-11(2)3/h11H,4-10H2,1-3H3,(H,15,16). The number of hydrogen-bond acceptors (Lipinski definition) is 4. The number of nitrogens with zero attached hydrogens (tertiary/aromatic N) is 1. The van der Waals surface area contributed by atoms with E-state index in [1.54, 1.807) is 0 Å². The van der Waals surface area contributed by atoms with E-state index in [-0.39, 0.29) is 31.6 Å². The third-order valence-electron chi connectivity index (χ3n) is 3.69. The first-order chi connectivity index (χ1) is 9.23. The fourth-order valence-corrected chi connectivity index (χ4v) is 3.93. The molecule has 1 aliphatic heterocycles. The third kappa shape index (κ3) is 4.17. The van der Waals surface area contributed by atoms with Gasteiger partial charge in [-0.2, -0.15) is 0 Å². The van der Waals surface area contributed by atoms with E-state index in [4.69, 9.17) is 4.74 Å². The monoisotopic (exact) mass is 307 g/mol. The number of carboxylic acids is 1. The molecule has 0 radical (unpaired) electrons. The van der Waals surface area contributed by atoms with Crippen molar-refractivity contribution in [3.63, 3.8) is 0 Å². The van der Waals surface area contributed by atoms with E-state index >= 15 is 0 Å². The molecule has 0 aromatic heterocycles. The van der Waals surface area contributed by atoms with Gasteiger partial charge in [0.2, 0.25) is 10.0 Å². The van der Waals surface area contributed by atoms with Gasteiger partial charge in [-0.05, 0) is 26.7 Å². The molecular formula is C13H25NO5S. The molecule has 6 nitrogen and oxygen atoms in total. The number of sulfonamides is 1. The maximum atomic E-state index is 12.2. The normalized spacial score (nSPS) is 24.4. The first kappa shape index (κ1) is 17.4. The Labute approximate surface area is 121 Å². The zero-order valence-electron chi connectivity index (χ0n) is 12.5. The third-order valence-corrected chi connectivity index (χ3v) is 5.47. The second-order valence-corrected chi connectivity index (χ2v) is 7.74. The minimum atomic E-state index is -3.43. The van der Waals surface area contributed by atoms with E-state index in [1.807, 2.05) is 20.8 Å². The fraction of sp³-hybridized carbons (Fsp3) is 0.923. The maximum Gasteiger partial charge on any atom is 0.311 e. The van der Waals surface area contributed by atoms with Crippen LogP contribution in [0.1, 0.15) is 40.0 Å². The Kier molecular flexibility index (Phi) is 5.97. The van der Waals surface area contributed by atoms with E-state index < -0.39 is 21.4 Å². The van der Waals surface area contributed by atoms with Crippen LogP contribution in [0.25, 0.3) is 0 Å². The van der Waals surface area contributed by atoms with Gasteiger partial charge in [0.25, 0.3) is 0 Å². The molecule has 0 bridgehead atoms. The van der Waals surface area contributed by atoms with Crippen molar-refractivity contribution in [2.45, 2.75) is 46.1 Å². The number of aliphatic carboxylic acids is 1. The quantitative estimate of drug-likeness (QED) is 0.731. The van der Waals surface area contributed by atoms with Crippen molar-refractivity contribution in [2.75, 3.05) is 25.4 Å². The molecule has 1 saturated heterocycles. The van der Waals surface area contributed by atoms with Crippen LogP contribution in [0.15, 0.2) is 0 Å². The number of rotatable bonds is 8. The van der Waals surface area contributed by atoms with Gasteiger partial charge in [0.05, 0.1) is 23.9 Å². The van der Waals surface area contributed by atoms with E-state index in [9.17, 15) is 18.3 Å². The lowest BCUT2D eigenvalue weighted by Crippen LogP contribution is -2.38. The van der Waals surface area contributed by atoms with Crippen molar-refractivity contribution in [3.8, 4) is 0 Å². The zero-order chi connectivity index (χ0) is 15.4. The summed E-state index contributed by atoms with van der Waals surface area (Å²) in [6.07, 6.45) is 1.62. The van der Waals surface area contributed by atoms with Crippen molar-refractivity contribution in [3.05, 3.63) is 0 Å². The van der Waals surface area contributed by atoms with Crippen LogP contribution in [-0.2, 0) is 19.6 Å². The Morgan fingerprint density at radius 3 is 2.60 bits per heavy atom. The molecule has 1 fully saturated rings. The van der Waals surface area contributed by atoms with Crippen LogP contribution < -0.4 is 0 Å². The summed E-state index contributed by atoms with van der Waals surface area (Å²) in [5.41, 5.74) is -0.916. The molecule has 1 rings (SSSR count). The highest BCUT2D eigenvalue weighted by Crippen LogP contribution is 2.36. The summed E-state index contributed by atoms with van der Waals surface area (Å²) in [7, 11) is -3.43. The van der Waals surface area contributed by atoms with E-state index in [1.165, 1.54) is 4.31 Å². The average Bonchev–Trinajstić information content (AvgIpc) is 2.75. The first-order valence-corrected chi connectivity index (χ1v) is 8.67. The summed E-state index contributed by atoms with van der Waals surface area (Å²) in [4.78, 5) is 11.4. The highest BCUT2D eigenvalue weighted by Gasteiger charge is 2.47.